The van der Waals surface area contributed by atoms with Crippen LogP contribution in [0.4, 0.5) is 0 Å². The summed E-state index contributed by atoms with van der Waals surface area (Å²) in [7, 11) is 2.18. The number of nitrogens with zero attached hydrogens (tertiary/aromatic N) is 3. The number of hydrogen-bond acceptors (Lipinski definition) is 4. The van der Waals surface area contributed by atoms with Gasteiger partial charge in [0.2, 0.25) is 0 Å². The minimum Gasteiger partial charge on any atom is -0.330 e. The minimum absolute atomic E-state index is 0. The van der Waals surface area contributed by atoms with Gasteiger partial charge in [-0.1, -0.05) is 0 Å². The summed E-state index contributed by atoms with van der Waals surface area (Å²) in [5.41, 5.74) is 6.72. The average molecular weight is 257 g/mol. The Morgan fingerprint density at radius 2 is 2.12 bits per heavy atom. The molecule has 0 amide bonds. The van der Waals surface area contributed by atoms with E-state index in [1.165, 1.54) is 31.6 Å². The van der Waals surface area contributed by atoms with Gasteiger partial charge < -0.3 is 10.6 Å². The highest BCUT2D eigenvalue weighted by atomic mass is 35.5. The zero-order chi connectivity index (χ0) is 11.4. The highest BCUT2D eigenvalue weighted by Gasteiger charge is 2.19. The molecule has 2 rings (SSSR count). The third kappa shape index (κ3) is 3.91. The molecule has 1 aliphatic rings. The van der Waals surface area contributed by atoms with E-state index in [4.69, 9.17) is 5.73 Å². The van der Waals surface area contributed by atoms with Gasteiger partial charge >= 0.3 is 0 Å². The molecule has 0 aliphatic carbocycles. The molecule has 0 aromatic carbocycles. The molecule has 0 bridgehead atoms. The number of hydrogen-bond donors (Lipinski definition) is 1. The van der Waals surface area contributed by atoms with Gasteiger partial charge in [-0.15, -0.1) is 12.4 Å². The van der Waals surface area contributed by atoms with Crippen molar-refractivity contribution in [3.63, 3.8) is 0 Å². The Morgan fingerprint density at radius 1 is 1.41 bits per heavy atom. The number of halogens is 1. The summed E-state index contributed by atoms with van der Waals surface area (Å²) >= 11 is 0. The van der Waals surface area contributed by atoms with Crippen molar-refractivity contribution in [2.45, 2.75) is 25.2 Å². The molecule has 2 N–H and O–H groups in total. The van der Waals surface area contributed by atoms with Crippen LogP contribution in [0.2, 0.25) is 0 Å². The molecule has 0 unspecified atom stereocenters. The topological polar surface area (TPSA) is 55.0 Å². The average Bonchev–Trinajstić information content (AvgIpc) is 2.31. The Hall–Kier alpha value is -0.710. The van der Waals surface area contributed by atoms with Crippen molar-refractivity contribution >= 4 is 12.4 Å². The van der Waals surface area contributed by atoms with Gasteiger partial charge in [0.25, 0.3) is 0 Å². The predicted molar refractivity (Wildman–Crippen MR) is 71.5 cm³/mol. The second-order valence-corrected chi connectivity index (χ2v) is 4.51. The monoisotopic (exact) mass is 256 g/mol. The van der Waals surface area contributed by atoms with E-state index in [2.05, 4.69) is 28.0 Å². The number of aromatic nitrogens is 2. The van der Waals surface area contributed by atoms with E-state index < -0.39 is 0 Å². The summed E-state index contributed by atoms with van der Waals surface area (Å²) in [6, 6.07) is 2.05. The Kier molecular flexibility index (Phi) is 5.82. The molecule has 0 atom stereocenters. The third-order valence-electron chi connectivity index (χ3n) is 3.23. The molecule has 0 saturated carbocycles. The Labute approximate surface area is 109 Å². The normalized spacial score (nSPS) is 17.8. The zero-order valence-corrected chi connectivity index (χ0v) is 11.1. The Balaban J connectivity index is 0.00000144. The standard InChI is InChI=1S/C12H20N4.ClH/c1-16-8-4-10(5-9-16)11-3-7-14-12(15-11)2-6-13;/h3,7,10H,2,4-6,8-9,13H2,1H3;1H. The van der Waals surface area contributed by atoms with E-state index in [1.54, 1.807) is 0 Å². The lowest BCUT2D eigenvalue weighted by atomic mass is 9.93. The fraction of sp³-hybridized carbons (Fsp3) is 0.667. The van der Waals surface area contributed by atoms with Gasteiger partial charge in [0.1, 0.15) is 5.82 Å². The van der Waals surface area contributed by atoms with Crippen LogP contribution in [0, 0.1) is 0 Å². The first kappa shape index (κ1) is 14.4. The van der Waals surface area contributed by atoms with Gasteiger partial charge in [0.15, 0.2) is 0 Å². The second kappa shape index (κ2) is 6.89. The fourth-order valence-electron chi connectivity index (χ4n) is 2.20. The smallest absolute Gasteiger partial charge is 0.129 e. The van der Waals surface area contributed by atoms with E-state index in [0.29, 0.717) is 12.5 Å². The molecule has 5 heteroatoms. The van der Waals surface area contributed by atoms with Crippen LogP contribution in [0.3, 0.4) is 0 Å². The molecule has 1 saturated heterocycles. The first-order valence-corrected chi connectivity index (χ1v) is 6.00. The van der Waals surface area contributed by atoms with Crippen molar-refractivity contribution in [2.75, 3.05) is 26.7 Å². The molecule has 1 fully saturated rings. The van der Waals surface area contributed by atoms with Crippen LogP contribution in [0.5, 0.6) is 0 Å². The van der Waals surface area contributed by atoms with Gasteiger partial charge in [0, 0.05) is 24.2 Å². The molecule has 1 aromatic rings. The molecule has 96 valence electrons. The number of nitrogens with two attached hydrogens (primary N) is 1. The quantitative estimate of drug-likeness (QED) is 0.883. The van der Waals surface area contributed by atoms with Gasteiger partial charge in [-0.3, -0.25) is 0 Å². The maximum atomic E-state index is 5.52. The molecule has 4 nitrogen and oxygen atoms in total. The molecular formula is C12H21ClN4. The maximum Gasteiger partial charge on any atom is 0.129 e. The number of rotatable bonds is 3. The zero-order valence-electron chi connectivity index (χ0n) is 10.3. The predicted octanol–water partition coefficient (Wildman–Crippen LogP) is 1.21. The molecule has 0 spiro atoms. The number of piperidine rings is 1. The fourth-order valence-corrected chi connectivity index (χ4v) is 2.20. The molecular weight excluding hydrogens is 236 g/mol. The van der Waals surface area contributed by atoms with Crippen molar-refractivity contribution < 1.29 is 0 Å². The summed E-state index contributed by atoms with van der Waals surface area (Å²) in [6.45, 7) is 2.96. The van der Waals surface area contributed by atoms with Crippen LogP contribution in [-0.4, -0.2) is 41.5 Å². The minimum atomic E-state index is 0. The molecule has 1 aliphatic heterocycles. The molecule has 2 heterocycles. The van der Waals surface area contributed by atoms with Crippen LogP contribution in [-0.2, 0) is 6.42 Å². The van der Waals surface area contributed by atoms with Crippen LogP contribution >= 0.6 is 12.4 Å². The van der Waals surface area contributed by atoms with Crippen LogP contribution < -0.4 is 5.73 Å². The molecule has 17 heavy (non-hydrogen) atoms. The van der Waals surface area contributed by atoms with Crippen molar-refractivity contribution in [3.8, 4) is 0 Å². The van der Waals surface area contributed by atoms with E-state index >= 15 is 0 Å². The highest BCUT2D eigenvalue weighted by Crippen LogP contribution is 2.25. The van der Waals surface area contributed by atoms with Gasteiger partial charge in [-0.2, -0.15) is 0 Å². The highest BCUT2D eigenvalue weighted by molar-refractivity contribution is 5.85. The third-order valence-corrected chi connectivity index (χ3v) is 3.23. The first-order chi connectivity index (χ1) is 7.79. The lowest BCUT2D eigenvalue weighted by molar-refractivity contribution is 0.253. The summed E-state index contributed by atoms with van der Waals surface area (Å²) in [5, 5.41) is 0. The van der Waals surface area contributed by atoms with Crippen molar-refractivity contribution in [2.24, 2.45) is 5.73 Å². The van der Waals surface area contributed by atoms with Crippen molar-refractivity contribution in [3.05, 3.63) is 23.8 Å². The van der Waals surface area contributed by atoms with Gasteiger partial charge in [-0.05, 0) is 45.6 Å². The second-order valence-electron chi connectivity index (χ2n) is 4.51. The van der Waals surface area contributed by atoms with Crippen LogP contribution in [0.25, 0.3) is 0 Å². The van der Waals surface area contributed by atoms with E-state index in [9.17, 15) is 0 Å². The Morgan fingerprint density at radius 3 is 2.76 bits per heavy atom. The summed E-state index contributed by atoms with van der Waals surface area (Å²) in [6.07, 6.45) is 5.05. The van der Waals surface area contributed by atoms with Crippen molar-refractivity contribution in [1.29, 1.82) is 0 Å². The lowest BCUT2D eigenvalue weighted by Crippen LogP contribution is -2.29. The number of likely N-dealkylation sites (tertiary alicyclic amines) is 1. The van der Waals surface area contributed by atoms with Gasteiger partial charge in [-0.25, -0.2) is 9.97 Å². The lowest BCUT2D eigenvalue weighted by Gasteiger charge is -2.28. The first-order valence-electron chi connectivity index (χ1n) is 6.00. The van der Waals surface area contributed by atoms with Crippen molar-refractivity contribution in [1.82, 2.24) is 14.9 Å². The Bertz CT molecular complexity index is 337. The van der Waals surface area contributed by atoms with Crippen LogP contribution in [0.15, 0.2) is 12.3 Å². The summed E-state index contributed by atoms with van der Waals surface area (Å²) in [5.74, 6) is 1.50. The van der Waals surface area contributed by atoms with Gasteiger partial charge in [0.05, 0.1) is 0 Å². The van der Waals surface area contributed by atoms with E-state index in [0.717, 1.165) is 12.2 Å². The molecule has 0 radical (unpaired) electrons. The van der Waals surface area contributed by atoms with E-state index in [1.807, 2.05) is 6.20 Å². The SMILES string of the molecule is CN1CCC(c2ccnc(CCN)n2)CC1.Cl. The maximum absolute atomic E-state index is 5.52. The largest absolute Gasteiger partial charge is 0.330 e. The summed E-state index contributed by atoms with van der Waals surface area (Å²) < 4.78 is 0. The molecule has 1 aromatic heterocycles. The summed E-state index contributed by atoms with van der Waals surface area (Å²) in [4.78, 5) is 11.2. The van der Waals surface area contributed by atoms with Crippen LogP contribution in [0.1, 0.15) is 30.3 Å². The van der Waals surface area contributed by atoms with E-state index in [-0.39, 0.29) is 12.4 Å².